The van der Waals surface area contributed by atoms with Gasteiger partial charge in [-0.05, 0) is 38.2 Å². The zero-order chi connectivity index (χ0) is 17.3. The fraction of sp³-hybridized carbons (Fsp3) is 0.267. The van der Waals surface area contributed by atoms with E-state index in [9.17, 15) is 8.42 Å². The first-order valence-electron chi connectivity index (χ1n) is 7.34. The number of benzene rings is 1. The number of hydrogen-bond donors (Lipinski definition) is 1. The molecule has 2 heterocycles. The molecule has 1 unspecified atom stereocenters. The molecule has 0 radical (unpaired) electrons. The van der Waals surface area contributed by atoms with Gasteiger partial charge < -0.3 is 9.13 Å². The normalized spacial score (nSPS) is 13.1. The number of aromatic nitrogens is 5. The Hall–Kier alpha value is -2.52. The molecule has 2 aromatic heterocycles. The third-order valence-corrected chi connectivity index (χ3v) is 5.33. The van der Waals surface area contributed by atoms with Crippen molar-refractivity contribution < 1.29 is 8.42 Å². The van der Waals surface area contributed by atoms with Crippen molar-refractivity contribution in [3.8, 4) is 11.4 Å². The predicted molar refractivity (Wildman–Crippen MR) is 88.7 cm³/mol. The van der Waals surface area contributed by atoms with Gasteiger partial charge in [0.1, 0.15) is 12.2 Å². The number of aryl methyl sites for hydroxylation is 1. The summed E-state index contributed by atoms with van der Waals surface area (Å²) in [6.07, 6.45) is 5.23. The fourth-order valence-electron chi connectivity index (χ4n) is 2.54. The van der Waals surface area contributed by atoms with E-state index in [1.165, 1.54) is 7.05 Å². The van der Waals surface area contributed by atoms with Crippen LogP contribution in [0.4, 0.5) is 0 Å². The summed E-state index contributed by atoms with van der Waals surface area (Å²) in [6.45, 7) is 2.01. The van der Waals surface area contributed by atoms with E-state index in [1.54, 1.807) is 36.8 Å². The second kappa shape index (κ2) is 6.17. The molecule has 0 fully saturated rings. The molecular weight excluding hydrogens is 328 g/mol. The summed E-state index contributed by atoms with van der Waals surface area (Å²) in [6, 6.07) is 6.55. The second-order valence-corrected chi connectivity index (χ2v) is 7.25. The summed E-state index contributed by atoms with van der Waals surface area (Å²) in [5.74, 6) is 1.54. The lowest BCUT2D eigenvalue weighted by Gasteiger charge is -2.15. The molecule has 0 spiro atoms. The molecule has 3 aromatic rings. The Labute approximate surface area is 140 Å². The van der Waals surface area contributed by atoms with Crippen LogP contribution in [0.3, 0.4) is 0 Å². The van der Waals surface area contributed by atoms with Gasteiger partial charge in [-0.15, -0.1) is 10.2 Å². The van der Waals surface area contributed by atoms with Crippen LogP contribution in [0.25, 0.3) is 11.4 Å². The van der Waals surface area contributed by atoms with E-state index in [0.29, 0.717) is 0 Å². The van der Waals surface area contributed by atoms with Gasteiger partial charge in [0.05, 0.1) is 10.9 Å². The maximum absolute atomic E-state index is 11.8. The number of nitrogens with one attached hydrogen (secondary N) is 1. The van der Waals surface area contributed by atoms with Crippen LogP contribution < -0.4 is 4.72 Å². The summed E-state index contributed by atoms with van der Waals surface area (Å²) < 4.78 is 29.8. The third kappa shape index (κ3) is 2.83. The number of rotatable bonds is 5. The van der Waals surface area contributed by atoms with E-state index in [2.05, 4.69) is 19.9 Å². The van der Waals surface area contributed by atoms with Crippen LogP contribution in [-0.2, 0) is 17.1 Å². The van der Waals surface area contributed by atoms with Gasteiger partial charge in [-0.3, -0.25) is 0 Å². The summed E-state index contributed by atoms with van der Waals surface area (Å²) in [4.78, 5) is 4.62. The lowest BCUT2D eigenvalue weighted by atomic mass is 10.2. The molecule has 1 atom stereocenters. The SMILES string of the molecule is CNS(=O)(=O)c1ccc(-c2nccn2C(C)c2nncn2C)cc1. The lowest BCUT2D eigenvalue weighted by molar-refractivity contribution is 0.578. The molecule has 1 aromatic carbocycles. The van der Waals surface area contributed by atoms with Crippen molar-refractivity contribution in [1.29, 1.82) is 0 Å². The number of imidazole rings is 1. The lowest BCUT2D eigenvalue weighted by Crippen LogP contribution is -2.18. The van der Waals surface area contributed by atoms with Gasteiger partial charge in [-0.25, -0.2) is 18.1 Å². The van der Waals surface area contributed by atoms with Crippen molar-refractivity contribution in [2.75, 3.05) is 7.05 Å². The second-order valence-electron chi connectivity index (χ2n) is 5.37. The van der Waals surface area contributed by atoms with Crippen LogP contribution in [0, 0.1) is 0 Å². The highest BCUT2D eigenvalue weighted by atomic mass is 32.2. The molecule has 0 aliphatic rings. The van der Waals surface area contributed by atoms with Crippen LogP contribution in [0.1, 0.15) is 18.8 Å². The Morgan fingerprint density at radius 2 is 1.92 bits per heavy atom. The molecule has 3 rings (SSSR count). The summed E-state index contributed by atoms with van der Waals surface area (Å²) >= 11 is 0. The summed E-state index contributed by atoms with van der Waals surface area (Å²) in [7, 11) is -0.174. The van der Waals surface area contributed by atoms with Crippen LogP contribution in [0.15, 0.2) is 47.9 Å². The molecular formula is C15H18N6O2S. The smallest absolute Gasteiger partial charge is 0.240 e. The maximum atomic E-state index is 11.8. The molecule has 0 saturated heterocycles. The molecule has 0 saturated carbocycles. The van der Waals surface area contributed by atoms with Crippen molar-refractivity contribution in [3.63, 3.8) is 0 Å². The minimum absolute atomic E-state index is 0.0595. The minimum Gasteiger partial charge on any atom is -0.321 e. The highest BCUT2D eigenvalue weighted by molar-refractivity contribution is 7.89. The van der Waals surface area contributed by atoms with Gasteiger partial charge in [0.25, 0.3) is 0 Å². The predicted octanol–water partition coefficient (Wildman–Crippen LogP) is 1.20. The van der Waals surface area contributed by atoms with E-state index in [1.807, 2.05) is 29.3 Å². The molecule has 0 aliphatic carbocycles. The highest BCUT2D eigenvalue weighted by Gasteiger charge is 2.18. The Bertz CT molecular complexity index is 943. The molecule has 24 heavy (non-hydrogen) atoms. The largest absolute Gasteiger partial charge is 0.321 e. The summed E-state index contributed by atoms with van der Waals surface area (Å²) in [5.41, 5.74) is 0.823. The number of hydrogen-bond acceptors (Lipinski definition) is 5. The van der Waals surface area contributed by atoms with E-state index in [0.717, 1.165) is 17.2 Å². The van der Waals surface area contributed by atoms with Gasteiger partial charge in [-0.1, -0.05) is 0 Å². The van der Waals surface area contributed by atoms with Crippen molar-refractivity contribution in [1.82, 2.24) is 29.0 Å². The van der Waals surface area contributed by atoms with Crippen LogP contribution >= 0.6 is 0 Å². The Morgan fingerprint density at radius 3 is 2.50 bits per heavy atom. The van der Waals surface area contributed by atoms with Crippen molar-refractivity contribution in [2.45, 2.75) is 17.9 Å². The topological polar surface area (TPSA) is 94.7 Å². The minimum atomic E-state index is -3.45. The molecule has 0 bridgehead atoms. The number of sulfonamides is 1. The van der Waals surface area contributed by atoms with Gasteiger partial charge >= 0.3 is 0 Å². The van der Waals surface area contributed by atoms with Crippen molar-refractivity contribution in [3.05, 3.63) is 48.8 Å². The quantitative estimate of drug-likeness (QED) is 0.749. The fourth-order valence-corrected chi connectivity index (χ4v) is 3.28. The van der Waals surface area contributed by atoms with Crippen LogP contribution in [0.2, 0.25) is 0 Å². The monoisotopic (exact) mass is 346 g/mol. The zero-order valence-corrected chi connectivity index (χ0v) is 14.4. The first-order valence-corrected chi connectivity index (χ1v) is 8.83. The molecule has 0 amide bonds. The van der Waals surface area contributed by atoms with E-state index in [-0.39, 0.29) is 10.9 Å². The van der Waals surface area contributed by atoms with Gasteiger partial charge in [-0.2, -0.15) is 0 Å². The standard InChI is InChI=1S/C15H18N6O2S/c1-11(14-19-18-10-20(14)3)21-9-8-17-15(21)12-4-6-13(7-5-12)24(22,23)16-2/h4-11,16H,1-3H3. The van der Waals surface area contributed by atoms with Gasteiger partial charge in [0.2, 0.25) is 10.0 Å². The van der Waals surface area contributed by atoms with Gasteiger partial charge in [0, 0.05) is 25.0 Å². The Balaban J connectivity index is 1.98. The van der Waals surface area contributed by atoms with E-state index < -0.39 is 10.0 Å². The molecule has 8 nitrogen and oxygen atoms in total. The average molecular weight is 346 g/mol. The first-order chi connectivity index (χ1) is 11.4. The molecule has 0 aliphatic heterocycles. The maximum Gasteiger partial charge on any atom is 0.240 e. The zero-order valence-electron chi connectivity index (χ0n) is 13.6. The molecule has 1 N–H and O–H groups in total. The average Bonchev–Trinajstić information content (AvgIpc) is 3.23. The highest BCUT2D eigenvalue weighted by Crippen LogP contribution is 2.25. The number of nitrogens with zero attached hydrogens (tertiary/aromatic N) is 5. The third-order valence-electron chi connectivity index (χ3n) is 3.90. The first kappa shape index (κ1) is 16.3. The van der Waals surface area contributed by atoms with Crippen LogP contribution in [0.5, 0.6) is 0 Å². The molecule has 126 valence electrons. The van der Waals surface area contributed by atoms with E-state index >= 15 is 0 Å². The van der Waals surface area contributed by atoms with E-state index in [4.69, 9.17) is 0 Å². The van der Waals surface area contributed by atoms with Crippen molar-refractivity contribution >= 4 is 10.0 Å². The Morgan fingerprint density at radius 1 is 1.21 bits per heavy atom. The Kier molecular flexibility index (Phi) is 4.20. The van der Waals surface area contributed by atoms with Gasteiger partial charge in [0.15, 0.2) is 5.82 Å². The molecule has 9 heteroatoms. The van der Waals surface area contributed by atoms with Crippen LogP contribution in [-0.4, -0.2) is 39.8 Å². The van der Waals surface area contributed by atoms with Crippen molar-refractivity contribution in [2.24, 2.45) is 7.05 Å². The summed E-state index contributed by atoms with van der Waals surface area (Å²) in [5, 5.41) is 8.05.